The van der Waals surface area contributed by atoms with Crippen LogP contribution in [0.5, 0.6) is 5.75 Å². The molecular weight excluding hydrogens is 561 g/mol. The number of likely N-dealkylation sites (N-methyl/N-ethyl adjacent to an activating group) is 1. The van der Waals surface area contributed by atoms with Crippen LogP contribution in [0.1, 0.15) is 17.5 Å². The number of nitrogens with one attached hydrogen (secondary N) is 1. The van der Waals surface area contributed by atoms with Gasteiger partial charge in [0, 0.05) is 48.4 Å². The number of aryl methyl sites for hydroxylation is 1. The van der Waals surface area contributed by atoms with E-state index in [1.807, 2.05) is 11.0 Å². The van der Waals surface area contributed by atoms with E-state index in [0.29, 0.717) is 29.4 Å². The molecule has 3 heterocycles. The lowest BCUT2D eigenvalue weighted by atomic mass is 10.1. The minimum Gasteiger partial charge on any atom is -0.487 e. The summed E-state index contributed by atoms with van der Waals surface area (Å²) in [6, 6.07) is 18.0. The Labute approximate surface area is 246 Å². The van der Waals surface area contributed by atoms with E-state index in [0.717, 1.165) is 63.3 Å². The van der Waals surface area contributed by atoms with E-state index in [9.17, 15) is 9.18 Å². The molecule has 5 aromatic rings. The molecule has 1 amide bonds. The van der Waals surface area contributed by atoms with Crippen LogP contribution in [0.25, 0.3) is 20.3 Å². The lowest BCUT2D eigenvalue weighted by Crippen LogP contribution is -2.47. The van der Waals surface area contributed by atoms with Gasteiger partial charge in [-0.05, 0) is 61.0 Å². The summed E-state index contributed by atoms with van der Waals surface area (Å²) in [5.41, 5.74) is 2.61. The van der Waals surface area contributed by atoms with Crippen molar-refractivity contribution in [1.82, 2.24) is 19.8 Å². The van der Waals surface area contributed by atoms with Gasteiger partial charge in [-0.1, -0.05) is 35.9 Å². The molecule has 1 saturated heterocycles. The normalized spacial score (nSPS) is 14.1. The molecule has 1 aliphatic rings. The van der Waals surface area contributed by atoms with E-state index in [2.05, 4.69) is 45.4 Å². The fraction of sp³-hybridized carbons (Fsp3) is 0.258. The van der Waals surface area contributed by atoms with Crippen molar-refractivity contribution in [2.45, 2.75) is 19.4 Å². The van der Waals surface area contributed by atoms with E-state index in [4.69, 9.17) is 16.3 Å². The predicted molar refractivity (Wildman–Crippen MR) is 163 cm³/mol. The average Bonchev–Trinajstić information content (AvgIpc) is 3.35. The van der Waals surface area contributed by atoms with Crippen LogP contribution in [0.3, 0.4) is 0 Å². The Bertz CT molecular complexity index is 1720. The van der Waals surface area contributed by atoms with Gasteiger partial charge in [-0.3, -0.25) is 4.79 Å². The average molecular weight is 590 g/mol. The second-order valence-corrected chi connectivity index (χ2v) is 11.6. The monoisotopic (exact) mass is 589 g/mol. The number of thiophene rings is 1. The molecule has 1 fully saturated rings. The first-order chi connectivity index (χ1) is 19.9. The number of hydrogen-bond acceptors (Lipinski definition) is 7. The van der Waals surface area contributed by atoms with Gasteiger partial charge in [0.15, 0.2) is 0 Å². The van der Waals surface area contributed by atoms with Crippen molar-refractivity contribution >= 4 is 60.7 Å². The van der Waals surface area contributed by atoms with Gasteiger partial charge in [0.25, 0.3) is 0 Å². The van der Waals surface area contributed by atoms with Crippen molar-refractivity contribution in [1.29, 1.82) is 0 Å². The SMILES string of the molecule is CN1CCN(C(=O)CCc2ccc3c(c2)sc2ncnc(Nc4ccc(OCc5cccc(F)c5)c(Cl)c4)c23)CC1. The predicted octanol–water partition coefficient (Wildman–Crippen LogP) is 6.67. The minimum atomic E-state index is -0.304. The van der Waals surface area contributed by atoms with Crippen LogP contribution in [0.2, 0.25) is 5.02 Å². The number of benzene rings is 3. The molecule has 1 aliphatic heterocycles. The second kappa shape index (κ2) is 12.0. The highest BCUT2D eigenvalue weighted by atomic mass is 35.5. The zero-order chi connectivity index (χ0) is 28.3. The van der Waals surface area contributed by atoms with E-state index in [1.54, 1.807) is 41.9 Å². The number of carbonyl (C=O) groups is 1. The molecule has 1 N–H and O–H groups in total. The van der Waals surface area contributed by atoms with Crippen LogP contribution in [-0.4, -0.2) is 58.9 Å². The Balaban J connectivity index is 1.16. The van der Waals surface area contributed by atoms with Crippen LogP contribution in [0.15, 0.2) is 67.0 Å². The second-order valence-electron chi connectivity index (χ2n) is 10.2. The molecule has 210 valence electrons. The number of anilines is 2. The van der Waals surface area contributed by atoms with E-state index in [-0.39, 0.29) is 18.3 Å². The third-order valence-electron chi connectivity index (χ3n) is 7.30. The molecule has 0 saturated carbocycles. The van der Waals surface area contributed by atoms with Crippen molar-refractivity contribution in [3.05, 3.63) is 89.0 Å². The first-order valence-corrected chi connectivity index (χ1v) is 14.7. The van der Waals surface area contributed by atoms with Crippen LogP contribution in [-0.2, 0) is 17.8 Å². The third kappa shape index (κ3) is 6.27. The Morgan fingerprint density at radius 3 is 2.71 bits per heavy atom. The molecule has 2 aromatic heterocycles. The molecule has 10 heteroatoms. The molecule has 0 atom stereocenters. The summed E-state index contributed by atoms with van der Waals surface area (Å²) in [6.07, 6.45) is 2.77. The van der Waals surface area contributed by atoms with Gasteiger partial charge in [0.05, 0.1) is 10.4 Å². The summed E-state index contributed by atoms with van der Waals surface area (Å²) in [5.74, 6) is 1.11. The molecular formula is C31H29ClFN5O2S. The van der Waals surface area contributed by atoms with E-state index < -0.39 is 0 Å². The highest BCUT2D eigenvalue weighted by Gasteiger charge is 2.19. The third-order valence-corrected chi connectivity index (χ3v) is 8.65. The number of ether oxygens (including phenoxy) is 1. The summed E-state index contributed by atoms with van der Waals surface area (Å²) < 4.78 is 20.4. The van der Waals surface area contributed by atoms with Crippen LogP contribution < -0.4 is 10.1 Å². The maximum Gasteiger partial charge on any atom is 0.222 e. The van der Waals surface area contributed by atoms with Crippen molar-refractivity contribution in [3.63, 3.8) is 0 Å². The van der Waals surface area contributed by atoms with Crippen LogP contribution in [0.4, 0.5) is 15.9 Å². The van der Waals surface area contributed by atoms with Crippen molar-refractivity contribution in [3.8, 4) is 5.75 Å². The molecule has 0 aliphatic carbocycles. The Morgan fingerprint density at radius 1 is 1.05 bits per heavy atom. The van der Waals surface area contributed by atoms with Gasteiger partial charge in [-0.15, -0.1) is 11.3 Å². The summed E-state index contributed by atoms with van der Waals surface area (Å²) in [7, 11) is 2.09. The summed E-state index contributed by atoms with van der Waals surface area (Å²) in [4.78, 5) is 26.8. The zero-order valence-corrected chi connectivity index (χ0v) is 24.1. The van der Waals surface area contributed by atoms with Gasteiger partial charge in [0.2, 0.25) is 5.91 Å². The number of halogens is 2. The van der Waals surface area contributed by atoms with Crippen molar-refractivity contribution in [2.24, 2.45) is 0 Å². The number of carbonyl (C=O) groups excluding carboxylic acids is 1. The van der Waals surface area contributed by atoms with Crippen LogP contribution in [0, 0.1) is 5.82 Å². The largest absolute Gasteiger partial charge is 0.487 e. The lowest BCUT2D eigenvalue weighted by Gasteiger charge is -2.32. The number of amides is 1. The highest BCUT2D eigenvalue weighted by molar-refractivity contribution is 7.25. The van der Waals surface area contributed by atoms with Gasteiger partial charge < -0.3 is 19.9 Å². The zero-order valence-electron chi connectivity index (χ0n) is 22.6. The summed E-state index contributed by atoms with van der Waals surface area (Å²) in [6.45, 7) is 3.67. The lowest BCUT2D eigenvalue weighted by molar-refractivity contribution is -0.132. The maximum absolute atomic E-state index is 13.5. The molecule has 6 rings (SSSR count). The summed E-state index contributed by atoms with van der Waals surface area (Å²) in [5, 5.41) is 5.81. The quantitative estimate of drug-likeness (QED) is 0.218. The molecule has 0 unspecified atom stereocenters. The number of hydrogen-bond donors (Lipinski definition) is 1. The molecule has 0 bridgehead atoms. The Kier molecular flexibility index (Phi) is 8.00. The minimum absolute atomic E-state index is 0.212. The van der Waals surface area contributed by atoms with E-state index in [1.165, 1.54) is 12.1 Å². The van der Waals surface area contributed by atoms with E-state index >= 15 is 0 Å². The Morgan fingerprint density at radius 2 is 1.90 bits per heavy atom. The number of fused-ring (bicyclic) bond motifs is 3. The topological polar surface area (TPSA) is 70.6 Å². The number of rotatable bonds is 8. The van der Waals surface area contributed by atoms with Crippen molar-refractivity contribution < 1.29 is 13.9 Å². The van der Waals surface area contributed by atoms with Crippen molar-refractivity contribution in [2.75, 3.05) is 38.5 Å². The molecule has 41 heavy (non-hydrogen) atoms. The first-order valence-electron chi connectivity index (χ1n) is 13.5. The fourth-order valence-electron chi connectivity index (χ4n) is 4.99. The first kappa shape index (κ1) is 27.4. The van der Waals surface area contributed by atoms with Gasteiger partial charge in [-0.2, -0.15) is 0 Å². The molecule has 7 nitrogen and oxygen atoms in total. The van der Waals surface area contributed by atoms with Gasteiger partial charge >= 0.3 is 0 Å². The number of piperazine rings is 1. The molecule has 0 spiro atoms. The Hall–Kier alpha value is -3.79. The highest BCUT2D eigenvalue weighted by Crippen LogP contribution is 2.38. The maximum atomic E-state index is 13.5. The van der Waals surface area contributed by atoms with Gasteiger partial charge in [0.1, 0.15) is 35.1 Å². The number of nitrogens with zero attached hydrogens (tertiary/aromatic N) is 4. The fourth-order valence-corrected chi connectivity index (χ4v) is 6.33. The smallest absolute Gasteiger partial charge is 0.222 e. The molecule has 3 aromatic carbocycles. The summed E-state index contributed by atoms with van der Waals surface area (Å²) >= 11 is 8.12. The van der Waals surface area contributed by atoms with Gasteiger partial charge in [-0.25, -0.2) is 14.4 Å². The van der Waals surface area contributed by atoms with Crippen LogP contribution >= 0.6 is 22.9 Å². The molecule has 0 radical (unpaired) electrons. The standard InChI is InChI=1S/C31H29ClFN5O2S/c1-37-11-13-38(14-12-37)28(39)10-6-20-5-8-24-27(16-20)41-31-29(24)30(34-19-35-31)36-23-7-9-26(25(32)17-23)40-18-21-3-2-4-22(33)15-21/h2-5,7-9,15-17,19H,6,10-14,18H2,1H3,(H,34,35,36). The number of aromatic nitrogens is 2.